The van der Waals surface area contributed by atoms with Crippen LogP contribution in [0.1, 0.15) is 20.7 Å². The van der Waals surface area contributed by atoms with Crippen LogP contribution in [-0.4, -0.2) is 23.6 Å². The normalized spacial score (nSPS) is 11.4. The molecule has 5 nitrogen and oxygen atoms in total. The number of ether oxygens (including phenoxy) is 1. The van der Waals surface area contributed by atoms with Gasteiger partial charge in [-0.25, -0.2) is 13.6 Å². The van der Waals surface area contributed by atoms with E-state index in [2.05, 4.69) is 15.6 Å². The molecule has 0 N–H and O–H groups in total. The Labute approximate surface area is 156 Å². The summed E-state index contributed by atoms with van der Waals surface area (Å²) in [6.07, 6.45) is 5.33. The van der Waals surface area contributed by atoms with Gasteiger partial charge >= 0.3 is 5.97 Å². The maximum atomic E-state index is 14.2. The number of fused-ring (bicyclic) bond motifs is 1. The van der Waals surface area contributed by atoms with Crippen molar-refractivity contribution in [3.05, 3.63) is 64.0 Å². The quantitative estimate of drug-likeness (QED) is 0.513. The lowest BCUT2D eigenvalue weighted by molar-refractivity contribution is 0.0600. The summed E-state index contributed by atoms with van der Waals surface area (Å²) in [5, 5.41) is 0. The predicted molar refractivity (Wildman–Crippen MR) is 96.2 cm³/mol. The molecule has 136 valence electrons. The predicted octanol–water partition coefficient (Wildman–Crippen LogP) is 3.14. The number of hydrogen-bond acceptors (Lipinski definition) is 4. The number of esters is 1. The van der Waals surface area contributed by atoms with E-state index in [1.165, 1.54) is 35.9 Å². The molecule has 0 saturated heterocycles. The molecule has 0 aliphatic carbocycles. The number of rotatable bonds is 3. The summed E-state index contributed by atoms with van der Waals surface area (Å²) >= 11 is 0.953. The average Bonchev–Trinajstić information content (AvgIpc) is 2.98. The first-order valence-corrected chi connectivity index (χ1v) is 8.45. The van der Waals surface area contributed by atoms with E-state index in [0.717, 1.165) is 23.5 Å². The number of thiazole rings is 1. The fourth-order valence-electron chi connectivity index (χ4n) is 2.47. The lowest BCUT2D eigenvalue weighted by Crippen LogP contribution is -2.17. The summed E-state index contributed by atoms with van der Waals surface area (Å²) in [4.78, 5) is 28.0. The molecule has 3 aromatic rings. The number of nitrogens with zero attached hydrogens (tertiary/aromatic N) is 2. The minimum absolute atomic E-state index is 0.0318. The van der Waals surface area contributed by atoms with Gasteiger partial charge in [0.1, 0.15) is 5.82 Å². The van der Waals surface area contributed by atoms with E-state index in [9.17, 15) is 18.4 Å². The van der Waals surface area contributed by atoms with Crippen LogP contribution in [0.3, 0.4) is 0 Å². The molecule has 0 aliphatic rings. The first-order valence-electron chi connectivity index (χ1n) is 7.64. The molecule has 0 aliphatic heterocycles. The molecule has 0 bridgehead atoms. The van der Waals surface area contributed by atoms with Crippen molar-refractivity contribution in [2.24, 2.45) is 4.99 Å². The second-order valence-electron chi connectivity index (χ2n) is 5.40. The molecule has 1 aromatic heterocycles. The van der Waals surface area contributed by atoms with Gasteiger partial charge in [-0.05, 0) is 30.3 Å². The third-order valence-corrected chi connectivity index (χ3v) is 4.72. The molecule has 3 rings (SSSR count). The molecule has 0 atom stereocenters. The molecule has 2 aromatic carbocycles. The Hall–Kier alpha value is -3.31. The zero-order valence-electron chi connectivity index (χ0n) is 14.0. The van der Waals surface area contributed by atoms with E-state index >= 15 is 0 Å². The molecule has 0 spiro atoms. The van der Waals surface area contributed by atoms with E-state index in [1.807, 2.05) is 0 Å². The highest BCUT2D eigenvalue weighted by atomic mass is 32.1. The van der Waals surface area contributed by atoms with Gasteiger partial charge in [-0.15, -0.1) is 6.42 Å². The van der Waals surface area contributed by atoms with Gasteiger partial charge in [0.2, 0.25) is 0 Å². The Morgan fingerprint density at radius 1 is 1.22 bits per heavy atom. The summed E-state index contributed by atoms with van der Waals surface area (Å²) in [5.74, 6) is -0.280. The van der Waals surface area contributed by atoms with Gasteiger partial charge in [0, 0.05) is 11.6 Å². The number of benzene rings is 2. The molecule has 0 unspecified atom stereocenters. The molecular formula is C19H12F2N2O3S. The van der Waals surface area contributed by atoms with Crippen LogP contribution < -0.4 is 4.80 Å². The van der Waals surface area contributed by atoms with Gasteiger partial charge in [0.05, 0.1) is 29.4 Å². The Morgan fingerprint density at radius 2 is 1.89 bits per heavy atom. The van der Waals surface area contributed by atoms with Crippen LogP contribution in [0.5, 0.6) is 0 Å². The standard InChI is InChI=1S/C19H12F2N2O3S/c1-3-8-23-16-14(21)9-13(20)10-15(16)27-19(23)22-17(24)11-4-6-12(7-5-11)18(25)26-2/h1,4-7,9-10H,8H2,2H3. The second-order valence-corrected chi connectivity index (χ2v) is 6.40. The Balaban J connectivity index is 2.08. The molecule has 27 heavy (non-hydrogen) atoms. The largest absolute Gasteiger partial charge is 0.465 e. The summed E-state index contributed by atoms with van der Waals surface area (Å²) in [6.45, 7) is -0.0318. The van der Waals surface area contributed by atoms with Gasteiger partial charge in [0.25, 0.3) is 5.91 Å². The Kier molecular flexibility index (Phi) is 5.14. The van der Waals surface area contributed by atoms with Crippen LogP contribution in [0.4, 0.5) is 8.78 Å². The highest BCUT2D eigenvalue weighted by Gasteiger charge is 2.14. The van der Waals surface area contributed by atoms with Crippen LogP contribution >= 0.6 is 11.3 Å². The lowest BCUT2D eigenvalue weighted by atomic mass is 10.1. The Morgan fingerprint density at radius 3 is 2.52 bits per heavy atom. The zero-order valence-corrected chi connectivity index (χ0v) is 14.8. The van der Waals surface area contributed by atoms with E-state index in [-0.39, 0.29) is 32.7 Å². The molecule has 0 saturated carbocycles. The van der Waals surface area contributed by atoms with Crippen LogP contribution in [0.2, 0.25) is 0 Å². The highest BCUT2D eigenvalue weighted by molar-refractivity contribution is 7.16. The minimum Gasteiger partial charge on any atom is -0.465 e. The first kappa shape index (κ1) is 18.5. The van der Waals surface area contributed by atoms with Gasteiger partial charge in [-0.2, -0.15) is 4.99 Å². The molecule has 0 fully saturated rings. The third kappa shape index (κ3) is 3.64. The van der Waals surface area contributed by atoms with Crippen molar-refractivity contribution in [1.29, 1.82) is 0 Å². The van der Waals surface area contributed by atoms with Crippen molar-refractivity contribution in [3.63, 3.8) is 0 Å². The minimum atomic E-state index is -0.784. The van der Waals surface area contributed by atoms with Crippen LogP contribution in [0.15, 0.2) is 41.4 Å². The number of methoxy groups -OCH3 is 1. The van der Waals surface area contributed by atoms with E-state index in [0.29, 0.717) is 0 Å². The summed E-state index contributed by atoms with van der Waals surface area (Å²) in [7, 11) is 1.25. The number of halogens is 2. The van der Waals surface area contributed by atoms with Crippen LogP contribution in [0, 0.1) is 24.0 Å². The van der Waals surface area contributed by atoms with Crippen LogP contribution in [-0.2, 0) is 11.3 Å². The van der Waals surface area contributed by atoms with E-state index in [4.69, 9.17) is 6.42 Å². The number of carbonyl (C=O) groups is 2. The van der Waals surface area contributed by atoms with Crippen molar-refractivity contribution in [2.75, 3.05) is 7.11 Å². The van der Waals surface area contributed by atoms with Crippen molar-refractivity contribution in [1.82, 2.24) is 4.57 Å². The van der Waals surface area contributed by atoms with Crippen molar-refractivity contribution in [3.8, 4) is 12.3 Å². The molecular weight excluding hydrogens is 374 g/mol. The van der Waals surface area contributed by atoms with Gasteiger partial charge in [-0.1, -0.05) is 17.3 Å². The monoisotopic (exact) mass is 386 g/mol. The number of terminal acetylenes is 1. The van der Waals surface area contributed by atoms with Crippen molar-refractivity contribution in [2.45, 2.75) is 6.54 Å². The second kappa shape index (κ2) is 7.51. The molecule has 8 heteroatoms. The van der Waals surface area contributed by atoms with Crippen LogP contribution in [0.25, 0.3) is 10.2 Å². The van der Waals surface area contributed by atoms with Crippen molar-refractivity contribution >= 4 is 33.4 Å². The smallest absolute Gasteiger partial charge is 0.337 e. The Bertz CT molecular complexity index is 1150. The molecule has 1 amide bonds. The number of aromatic nitrogens is 1. The van der Waals surface area contributed by atoms with Gasteiger partial charge in [0.15, 0.2) is 10.6 Å². The maximum absolute atomic E-state index is 14.2. The zero-order chi connectivity index (χ0) is 19.6. The number of carbonyl (C=O) groups excluding carboxylic acids is 2. The highest BCUT2D eigenvalue weighted by Crippen LogP contribution is 2.22. The average molecular weight is 386 g/mol. The molecule has 0 radical (unpaired) electrons. The van der Waals surface area contributed by atoms with Gasteiger partial charge < -0.3 is 9.30 Å². The van der Waals surface area contributed by atoms with E-state index in [1.54, 1.807) is 0 Å². The summed E-state index contributed by atoms with van der Waals surface area (Å²) < 4.78 is 33.9. The first-order chi connectivity index (χ1) is 12.9. The number of hydrogen-bond donors (Lipinski definition) is 0. The van der Waals surface area contributed by atoms with E-state index < -0.39 is 23.5 Å². The topological polar surface area (TPSA) is 60.7 Å². The molecule has 1 heterocycles. The summed E-state index contributed by atoms with van der Waals surface area (Å²) in [6, 6.07) is 7.63. The summed E-state index contributed by atoms with van der Waals surface area (Å²) in [5.41, 5.74) is 0.599. The maximum Gasteiger partial charge on any atom is 0.337 e. The third-order valence-electron chi connectivity index (χ3n) is 3.69. The fraction of sp³-hybridized carbons (Fsp3) is 0.105. The number of amides is 1. The fourth-order valence-corrected chi connectivity index (χ4v) is 3.54. The van der Waals surface area contributed by atoms with Gasteiger partial charge in [-0.3, -0.25) is 4.79 Å². The lowest BCUT2D eigenvalue weighted by Gasteiger charge is -2.02. The van der Waals surface area contributed by atoms with Crippen molar-refractivity contribution < 1.29 is 23.1 Å². The SMILES string of the molecule is C#CCn1c(=NC(=O)c2ccc(C(=O)OC)cc2)sc2cc(F)cc(F)c21.